The summed E-state index contributed by atoms with van der Waals surface area (Å²) in [5.41, 5.74) is 1.04. The predicted octanol–water partition coefficient (Wildman–Crippen LogP) is 2.07. The first-order valence-electron chi connectivity index (χ1n) is 5.63. The molecule has 5 nitrogen and oxygen atoms in total. The van der Waals surface area contributed by atoms with Crippen molar-refractivity contribution in [2.75, 3.05) is 6.61 Å². The molecule has 0 bridgehead atoms. The van der Waals surface area contributed by atoms with E-state index in [9.17, 15) is 4.79 Å². The number of hydrogen-bond donors (Lipinski definition) is 1. The zero-order valence-electron chi connectivity index (χ0n) is 10.9. The number of aryl methyl sites for hydroxylation is 1. The SMILES string of the molecule is Cn1ncc(C(=O)O)c1COCCC(C)(C)C. The van der Waals surface area contributed by atoms with Gasteiger partial charge in [0.2, 0.25) is 0 Å². The zero-order chi connectivity index (χ0) is 13.1. The van der Waals surface area contributed by atoms with Gasteiger partial charge >= 0.3 is 5.97 Å². The van der Waals surface area contributed by atoms with Crippen molar-refractivity contribution in [1.82, 2.24) is 9.78 Å². The molecule has 5 heteroatoms. The number of carboxylic acids is 1. The number of ether oxygens (including phenoxy) is 1. The Labute approximate surface area is 101 Å². The summed E-state index contributed by atoms with van der Waals surface area (Å²) in [4.78, 5) is 10.9. The van der Waals surface area contributed by atoms with Crippen molar-refractivity contribution in [2.24, 2.45) is 12.5 Å². The summed E-state index contributed by atoms with van der Waals surface area (Å²) in [6, 6.07) is 0. The van der Waals surface area contributed by atoms with E-state index in [1.165, 1.54) is 6.20 Å². The first-order valence-corrected chi connectivity index (χ1v) is 5.63. The molecular weight excluding hydrogens is 220 g/mol. The standard InChI is InChI=1S/C12H20N2O3/c1-12(2,3)5-6-17-8-10-9(11(15)16)7-13-14(10)4/h7H,5-6,8H2,1-4H3,(H,15,16). The maximum atomic E-state index is 10.9. The van der Waals surface area contributed by atoms with Crippen molar-refractivity contribution < 1.29 is 14.6 Å². The topological polar surface area (TPSA) is 64.4 Å². The predicted molar refractivity (Wildman–Crippen MR) is 63.9 cm³/mol. The van der Waals surface area contributed by atoms with E-state index in [0.29, 0.717) is 12.3 Å². The average Bonchev–Trinajstić information content (AvgIpc) is 2.53. The molecule has 0 unspecified atom stereocenters. The van der Waals surface area contributed by atoms with Gasteiger partial charge in [-0.15, -0.1) is 0 Å². The van der Waals surface area contributed by atoms with Gasteiger partial charge in [0.1, 0.15) is 5.56 Å². The van der Waals surface area contributed by atoms with Gasteiger partial charge in [-0.1, -0.05) is 20.8 Å². The van der Waals surface area contributed by atoms with E-state index in [2.05, 4.69) is 25.9 Å². The lowest BCUT2D eigenvalue weighted by Gasteiger charge is -2.17. The van der Waals surface area contributed by atoms with E-state index in [0.717, 1.165) is 6.42 Å². The van der Waals surface area contributed by atoms with Crippen LogP contribution >= 0.6 is 0 Å². The Balaban J connectivity index is 2.52. The number of carbonyl (C=O) groups is 1. The van der Waals surface area contributed by atoms with E-state index in [4.69, 9.17) is 9.84 Å². The van der Waals surface area contributed by atoms with Crippen molar-refractivity contribution in [3.05, 3.63) is 17.5 Å². The number of carboxylic acid groups (broad SMARTS) is 1. The number of aromatic carboxylic acids is 1. The molecule has 1 aromatic heterocycles. The van der Waals surface area contributed by atoms with E-state index >= 15 is 0 Å². The number of hydrogen-bond acceptors (Lipinski definition) is 3. The van der Waals surface area contributed by atoms with Crippen LogP contribution < -0.4 is 0 Å². The molecule has 0 aliphatic rings. The van der Waals surface area contributed by atoms with Gasteiger partial charge in [-0.25, -0.2) is 4.79 Å². The summed E-state index contributed by atoms with van der Waals surface area (Å²) >= 11 is 0. The van der Waals surface area contributed by atoms with Crippen molar-refractivity contribution in [2.45, 2.75) is 33.8 Å². The molecule has 0 atom stereocenters. The van der Waals surface area contributed by atoms with Gasteiger partial charge in [0.25, 0.3) is 0 Å². The van der Waals surface area contributed by atoms with Gasteiger partial charge < -0.3 is 9.84 Å². The highest BCUT2D eigenvalue weighted by molar-refractivity contribution is 5.88. The van der Waals surface area contributed by atoms with Crippen molar-refractivity contribution in [3.63, 3.8) is 0 Å². The highest BCUT2D eigenvalue weighted by Crippen LogP contribution is 2.18. The highest BCUT2D eigenvalue weighted by atomic mass is 16.5. The zero-order valence-corrected chi connectivity index (χ0v) is 10.9. The monoisotopic (exact) mass is 240 g/mol. The summed E-state index contributed by atoms with van der Waals surface area (Å²) in [7, 11) is 1.72. The Morgan fingerprint density at radius 3 is 2.71 bits per heavy atom. The van der Waals surface area contributed by atoms with Crippen LogP contribution in [0.25, 0.3) is 0 Å². The van der Waals surface area contributed by atoms with Crippen LogP contribution in [0.3, 0.4) is 0 Å². The van der Waals surface area contributed by atoms with Crippen LogP contribution in [0.4, 0.5) is 0 Å². The summed E-state index contributed by atoms with van der Waals surface area (Å²) in [5, 5.41) is 12.9. The minimum atomic E-state index is -0.965. The molecule has 0 radical (unpaired) electrons. The summed E-state index contributed by atoms with van der Waals surface area (Å²) in [6.07, 6.45) is 2.29. The van der Waals surface area contributed by atoms with E-state index in [-0.39, 0.29) is 17.6 Å². The third-order valence-corrected chi connectivity index (χ3v) is 2.53. The highest BCUT2D eigenvalue weighted by Gasteiger charge is 2.15. The largest absolute Gasteiger partial charge is 0.478 e. The average molecular weight is 240 g/mol. The van der Waals surface area contributed by atoms with Crippen LogP contribution in [0.1, 0.15) is 43.2 Å². The first-order chi connectivity index (χ1) is 7.81. The van der Waals surface area contributed by atoms with Crippen LogP contribution in [0, 0.1) is 5.41 Å². The summed E-state index contributed by atoms with van der Waals surface area (Å²) in [5.74, 6) is -0.965. The van der Waals surface area contributed by atoms with Gasteiger partial charge in [0.05, 0.1) is 18.5 Å². The van der Waals surface area contributed by atoms with Gasteiger partial charge in [0, 0.05) is 13.7 Å². The van der Waals surface area contributed by atoms with Gasteiger partial charge in [-0.3, -0.25) is 4.68 Å². The Morgan fingerprint density at radius 1 is 1.53 bits per heavy atom. The van der Waals surface area contributed by atoms with Crippen LogP contribution in [-0.4, -0.2) is 27.5 Å². The fourth-order valence-corrected chi connectivity index (χ4v) is 1.36. The molecule has 0 saturated heterocycles. The minimum Gasteiger partial charge on any atom is -0.478 e. The fraction of sp³-hybridized carbons (Fsp3) is 0.667. The second kappa shape index (κ2) is 5.31. The molecule has 0 aromatic carbocycles. The van der Waals surface area contributed by atoms with E-state index < -0.39 is 5.97 Å². The lowest BCUT2D eigenvalue weighted by molar-refractivity contribution is 0.0677. The van der Waals surface area contributed by atoms with Crippen LogP contribution in [0.2, 0.25) is 0 Å². The molecule has 1 aromatic rings. The normalized spacial score (nSPS) is 11.8. The first kappa shape index (κ1) is 13.7. The van der Waals surface area contributed by atoms with Crippen LogP contribution in [0.5, 0.6) is 0 Å². The fourth-order valence-electron chi connectivity index (χ4n) is 1.36. The van der Waals surface area contributed by atoms with Crippen LogP contribution in [-0.2, 0) is 18.4 Å². The molecule has 0 saturated carbocycles. The molecular formula is C12H20N2O3. The molecule has 0 amide bonds. The van der Waals surface area contributed by atoms with Gasteiger partial charge in [0.15, 0.2) is 0 Å². The maximum Gasteiger partial charge on any atom is 0.339 e. The second-order valence-electron chi connectivity index (χ2n) is 5.30. The van der Waals surface area contributed by atoms with Crippen LogP contribution in [0.15, 0.2) is 6.20 Å². The molecule has 17 heavy (non-hydrogen) atoms. The second-order valence-corrected chi connectivity index (χ2v) is 5.30. The molecule has 0 spiro atoms. The molecule has 1 rings (SSSR count). The Hall–Kier alpha value is -1.36. The number of rotatable bonds is 5. The lowest BCUT2D eigenvalue weighted by Crippen LogP contribution is -2.12. The minimum absolute atomic E-state index is 0.211. The summed E-state index contributed by atoms with van der Waals surface area (Å²) in [6.45, 7) is 7.33. The molecule has 0 aliphatic carbocycles. The molecule has 96 valence electrons. The van der Waals surface area contributed by atoms with Crippen molar-refractivity contribution in [3.8, 4) is 0 Å². The molecule has 0 aliphatic heterocycles. The third kappa shape index (κ3) is 4.19. The molecule has 1 heterocycles. The number of aromatic nitrogens is 2. The number of nitrogens with zero attached hydrogens (tertiary/aromatic N) is 2. The maximum absolute atomic E-state index is 10.9. The Bertz CT molecular complexity index is 391. The van der Waals surface area contributed by atoms with E-state index in [1.807, 2.05) is 0 Å². The molecule has 1 N–H and O–H groups in total. The van der Waals surface area contributed by atoms with Crippen molar-refractivity contribution in [1.29, 1.82) is 0 Å². The smallest absolute Gasteiger partial charge is 0.339 e. The van der Waals surface area contributed by atoms with Gasteiger partial charge in [-0.2, -0.15) is 5.10 Å². The summed E-state index contributed by atoms with van der Waals surface area (Å²) < 4.78 is 7.04. The quantitative estimate of drug-likeness (QED) is 0.800. The van der Waals surface area contributed by atoms with E-state index in [1.54, 1.807) is 11.7 Å². The third-order valence-electron chi connectivity index (χ3n) is 2.53. The molecule has 0 fully saturated rings. The Morgan fingerprint density at radius 2 is 2.18 bits per heavy atom. The lowest BCUT2D eigenvalue weighted by atomic mass is 9.93. The Kier molecular flexibility index (Phi) is 4.28. The van der Waals surface area contributed by atoms with Crippen molar-refractivity contribution >= 4 is 5.97 Å². The van der Waals surface area contributed by atoms with Gasteiger partial charge in [-0.05, 0) is 11.8 Å².